The number of nitrogens with zero attached hydrogens (tertiary/aromatic N) is 2. The lowest BCUT2D eigenvalue weighted by molar-refractivity contribution is 0.0918. The maximum absolute atomic E-state index is 14.3. The summed E-state index contributed by atoms with van der Waals surface area (Å²) in [6.07, 6.45) is 6.87. The molecule has 1 aromatic carbocycles. The second-order valence-electron chi connectivity index (χ2n) is 7.90. The Balaban J connectivity index is 1.33. The molecule has 0 spiro atoms. The van der Waals surface area contributed by atoms with E-state index in [4.69, 9.17) is 11.6 Å². The summed E-state index contributed by atoms with van der Waals surface area (Å²) in [4.78, 5) is 16.9. The van der Waals surface area contributed by atoms with E-state index in [9.17, 15) is 18.0 Å². The molecule has 4 rings (SSSR count). The third-order valence-electron chi connectivity index (χ3n) is 5.88. The van der Waals surface area contributed by atoms with Crippen molar-refractivity contribution < 1.29 is 18.0 Å². The van der Waals surface area contributed by atoms with Crippen molar-refractivity contribution in [1.82, 2.24) is 14.7 Å². The molecule has 0 radical (unpaired) electrons. The number of imidazole rings is 1. The summed E-state index contributed by atoms with van der Waals surface area (Å²) in [6.45, 7) is 1.84. The molecule has 31 heavy (non-hydrogen) atoms. The van der Waals surface area contributed by atoms with Crippen LogP contribution in [0.4, 0.5) is 19.0 Å². The van der Waals surface area contributed by atoms with Crippen molar-refractivity contribution in [1.29, 1.82) is 0 Å². The molecule has 1 aliphatic rings. The van der Waals surface area contributed by atoms with Gasteiger partial charge in [0.15, 0.2) is 11.6 Å². The van der Waals surface area contributed by atoms with Gasteiger partial charge in [-0.15, -0.1) is 0 Å². The van der Waals surface area contributed by atoms with Crippen LogP contribution in [0.3, 0.4) is 0 Å². The Labute approximate surface area is 182 Å². The number of anilines is 1. The molecule has 2 heterocycles. The number of carbonyl (C=O) groups is 1. The summed E-state index contributed by atoms with van der Waals surface area (Å²) in [7, 11) is 0. The standard InChI is InChI=1S/C22H22ClF3N4O/c1-12-19(24)17(18(23)21(26)20(12)25)22(31)29-14-7-5-13(6-8-14)10-27-16-11-28-15-4-2-3-9-30(15)16/h2-4,9,11,13-14,27H,5-8,10H2,1H3,(H,29,31). The minimum absolute atomic E-state index is 0.177. The van der Waals surface area contributed by atoms with E-state index in [-0.39, 0.29) is 6.04 Å². The SMILES string of the molecule is Cc1c(F)c(F)c(Cl)c(C(=O)NC2CCC(CNc3cnc4ccccn34)CC2)c1F. The van der Waals surface area contributed by atoms with Gasteiger partial charge in [-0.3, -0.25) is 9.20 Å². The fourth-order valence-electron chi connectivity index (χ4n) is 4.03. The summed E-state index contributed by atoms with van der Waals surface area (Å²) in [5, 5.41) is 5.31. The molecule has 0 bridgehead atoms. The monoisotopic (exact) mass is 450 g/mol. The van der Waals surface area contributed by atoms with Crippen LogP contribution >= 0.6 is 11.6 Å². The zero-order chi connectivity index (χ0) is 22.1. The molecule has 5 nitrogen and oxygen atoms in total. The second kappa shape index (κ2) is 8.78. The van der Waals surface area contributed by atoms with Crippen LogP contribution in [0.5, 0.6) is 0 Å². The lowest BCUT2D eigenvalue weighted by Gasteiger charge is -2.29. The number of fused-ring (bicyclic) bond motifs is 1. The highest BCUT2D eigenvalue weighted by atomic mass is 35.5. The quantitative estimate of drug-likeness (QED) is 0.419. The number of halogens is 4. The third kappa shape index (κ3) is 4.21. The molecule has 3 aromatic rings. The molecule has 2 aromatic heterocycles. The minimum Gasteiger partial charge on any atom is -0.370 e. The third-order valence-corrected chi connectivity index (χ3v) is 6.24. The first kappa shape index (κ1) is 21.5. The number of amides is 1. The first-order chi connectivity index (χ1) is 14.9. The van der Waals surface area contributed by atoms with Gasteiger partial charge < -0.3 is 10.6 Å². The zero-order valence-electron chi connectivity index (χ0n) is 16.9. The maximum Gasteiger partial charge on any atom is 0.256 e. The summed E-state index contributed by atoms with van der Waals surface area (Å²) >= 11 is 5.71. The van der Waals surface area contributed by atoms with Crippen molar-refractivity contribution in [2.24, 2.45) is 5.92 Å². The summed E-state index contributed by atoms with van der Waals surface area (Å²) in [6, 6.07) is 5.63. The van der Waals surface area contributed by atoms with E-state index < -0.39 is 39.5 Å². The molecular weight excluding hydrogens is 429 g/mol. The number of rotatable bonds is 5. The van der Waals surface area contributed by atoms with E-state index in [1.54, 1.807) is 6.20 Å². The number of nitrogens with one attached hydrogen (secondary N) is 2. The van der Waals surface area contributed by atoms with E-state index in [1.165, 1.54) is 0 Å². The van der Waals surface area contributed by atoms with E-state index in [2.05, 4.69) is 15.6 Å². The van der Waals surface area contributed by atoms with Crippen LogP contribution in [-0.2, 0) is 0 Å². The van der Waals surface area contributed by atoms with Gasteiger partial charge in [0.2, 0.25) is 0 Å². The van der Waals surface area contributed by atoms with Crippen LogP contribution in [0, 0.1) is 30.3 Å². The van der Waals surface area contributed by atoms with Gasteiger partial charge in [-0.1, -0.05) is 17.7 Å². The molecule has 1 aliphatic carbocycles. The van der Waals surface area contributed by atoms with E-state index >= 15 is 0 Å². The Kier molecular flexibility index (Phi) is 6.09. The smallest absolute Gasteiger partial charge is 0.256 e. The fraction of sp³-hybridized carbons (Fsp3) is 0.364. The van der Waals surface area contributed by atoms with Crippen molar-refractivity contribution in [3.63, 3.8) is 0 Å². The van der Waals surface area contributed by atoms with Gasteiger partial charge in [0.25, 0.3) is 5.91 Å². The van der Waals surface area contributed by atoms with Gasteiger partial charge >= 0.3 is 0 Å². The van der Waals surface area contributed by atoms with Crippen LogP contribution in [-0.4, -0.2) is 27.9 Å². The molecule has 1 fully saturated rings. The number of carbonyl (C=O) groups excluding carboxylic acids is 1. The van der Waals surface area contributed by atoms with Gasteiger partial charge in [-0.25, -0.2) is 18.2 Å². The van der Waals surface area contributed by atoms with Crippen molar-refractivity contribution in [3.8, 4) is 0 Å². The lowest BCUT2D eigenvalue weighted by atomic mass is 9.86. The molecule has 0 saturated heterocycles. The highest BCUT2D eigenvalue weighted by Gasteiger charge is 2.29. The molecule has 0 aliphatic heterocycles. The minimum atomic E-state index is -1.41. The van der Waals surface area contributed by atoms with Gasteiger partial charge in [-0.2, -0.15) is 0 Å². The molecule has 9 heteroatoms. The van der Waals surface area contributed by atoms with Crippen LogP contribution in [0.25, 0.3) is 5.65 Å². The highest BCUT2D eigenvalue weighted by molar-refractivity contribution is 6.34. The highest BCUT2D eigenvalue weighted by Crippen LogP contribution is 2.30. The average Bonchev–Trinajstić information content (AvgIpc) is 3.19. The summed E-state index contributed by atoms with van der Waals surface area (Å²) in [5.41, 5.74) is -0.335. The lowest BCUT2D eigenvalue weighted by Crippen LogP contribution is -2.39. The normalized spacial score (nSPS) is 18.9. The van der Waals surface area contributed by atoms with Gasteiger partial charge in [0, 0.05) is 24.3 Å². The second-order valence-corrected chi connectivity index (χ2v) is 8.28. The van der Waals surface area contributed by atoms with Crippen molar-refractivity contribution in [2.75, 3.05) is 11.9 Å². The number of hydrogen-bond donors (Lipinski definition) is 2. The molecule has 164 valence electrons. The predicted octanol–water partition coefficient (Wildman–Crippen LogP) is 5.11. The first-order valence-electron chi connectivity index (χ1n) is 10.2. The van der Waals surface area contributed by atoms with Crippen LogP contribution in [0.15, 0.2) is 30.6 Å². The zero-order valence-corrected chi connectivity index (χ0v) is 17.6. The molecule has 2 N–H and O–H groups in total. The number of hydrogen-bond acceptors (Lipinski definition) is 3. The Morgan fingerprint density at radius 1 is 1.16 bits per heavy atom. The molecule has 1 amide bonds. The maximum atomic E-state index is 14.3. The van der Waals surface area contributed by atoms with E-state index in [0.717, 1.165) is 37.8 Å². The Morgan fingerprint density at radius 2 is 1.90 bits per heavy atom. The average molecular weight is 451 g/mol. The summed E-state index contributed by atoms with van der Waals surface area (Å²) in [5.74, 6) is -3.41. The fourth-order valence-corrected chi connectivity index (χ4v) is 4.28. The Bertz CT molecular complexity index is 1100. The van der Waals surface area contributed by atoms with Crippen molar-refractivity contribution >= 4 is 29.0 Å². The van der Waals surface area contributed by atoms with E-state index in [0.29, 0.717) is 18.8 Å². The van der Waals surface area contributed by atoms with Gasteiger partial charge in [0.1, 0.15) is 17.3 Å². The number of benzene rings is 1. The van der Waals surface area contributed by atoms with Crippen LogP contribution in [0.2, 0.25) is 5.02 Å². The largest absolute Gasteiger partial charge is 0.370 e. The van der Waals surface area contributed by atoms with E-state index in [1.807, 2.05) is 28.8 Å². The van der Waals surface area contributed by atoms with Crippen molar-refractivity contribution in [2.45, 2.75) is 38.6 Å². The Morgan fingerprint density at radius 3 is 2.65 bits per heavy atom. The first-order valence-corrected chi connectivity index (χ1v) is 10.5. The molecule has 1 saturated carbocycles. The number of aromatic nitrogens is 2. The Hall–Kier alpha value is -2.74. The molecular formula is C22H22ClF3N4O. The molecule has 0 unspecified atom stereocenters. The summed E-state index contributed by atoms with van der Waals surface area (Å²) < 4.78 is 43.8. The number of pyridine rings is 1. The van der Waals surface area contributed by atoms with Crippen LogP contribution in [0.1, 0.15) is 41.6 Å². The topological polar surface area (TPSA) is 58.4 Å². The van der Waals surface area contributed by atoms with Crippen LogP contribution < -0.4 is 10.6 Å². The molecule has 0 atom stereocenters. The van der Waals surface area contributed by atoms with Crippen molar-refractivity contribution in [3.05, 3.63) is 64.2 Å². The van der Waals surface area contributed by atoms with Gasteiger partial charge in [-0.05, 0) is 50.7 Å². The van der Waals surface area contributed by atoms with Gasteiger partial charge in [0.05, 0.1) is 16.8 Å². The predicted molar refractivity (Wildman–Crippen MR) is 113 cm³/mol.